The first-order valence-electron chi connectivity index (χ1n) is 4.53. The Hall–Kier alpha value is -1.64. The number of rotatable bonds is 1. The van der Waals surface area contributed by atoms with E-state index in [9.17, 15) is 4.79 Å². The van der Waals surface area contributed by atoms with Gasteiger partial charge in [0.15, 0.2) is 0 Å². The fourth-order valence-electron chi connectivity index (χ4n) is 1.65. The number of nitrogens with zero attached hydrogens (tertiary/aromatic N) is 1. The highest BCUT2D eigenvalue weighted by molar-refractivity contribution is 5.95. The topological polar surface area (TPSA) is 38.7 Å². The fraction of sp³-hybridized carbons (Fsp3) is 0.273. The van der Waals surface area contributed by atoms with Crippen LogP contribution in [0, 0.1) is 0 Å². The van der Waals surface area contributed by atoms with E-state index in [4.69, 9.17) is 4.74 Å². The molecular weight excluding hydrogens is 178 g/mol. The minimum absolute atomic E-state index is 0.267. The van der Waals surface area contributed by atoms with Gasteiger partial charge in [0, 0.05) is 12.8 Å². The third kappa shape index (κ3) is 1.41. The summed E-state index contributed by atoms with van der Waals surface area (Å²) in [5.74, 6) is -0.267. The standard InChI is InChI=1S/C11H11NO2/c1-14-11(13)10-4-2-3-8-7-12-6-5-9(8)10/h2-4,7H,5-6H2,1H3. The summed E-state index contributed by atoms with van der Waals surface area (Å²) in [6, 6.07) is 5.61. The smallest absolute Gasteiger partial charge is 0.338 e. The normalized spacial score (nSPS) is 13.5. The average molecular weight is 189 g/mol. The number of fused-ring (bicyclic) bond motifs is 1. The van der Waals surface area contributed by atoms with Crippen molar-refractivity contribution in [3.63, 3.8) is 0 Å². The van der Waals surface area contributed by atoms with Crippen LogP contribution in [0.15, 0.2) is 23.2 Å². The zero-order valence-electron chi connectivity index (χ0n) is 7.99. The van der Waals surface area contributed by atoms with Crippen LogP contribution in [0.4, 0.5) is 0 Å². The number of methoxy groups -OCH3 is 1. The van der Waals surface area contributed by atoms with E-state index in [1.165, 1.54) is 7.11 Å². The van der Waals surface area contributed by atoms with E-state index in [0.717, 1.165) is 24.1 Å². The van der Waals surface area contributed by atoms with Crippen molar-refractivity contribution in [2.24, 2.45) is 4.99 Å². The predicted octanol–water partition coefficient (Wildman–Crippen LogP) is 1.45. The van der Waals surface area contributed by atoms with Gasteiger partial charge in [0.1, 0.15) is 0 Å². The van der Waals surface area contributed by atoms with Crippen LogP contribution in [0.25, 0.3) is 0 Å². The van der Waals surface area contributed by atoms with E-state index >= 15 is 0 Å². The van der Waals surface area contributed by atoms with Gasteiger partial charge in [-0.05, 0) is 23.6 Å². The van der Waals surface area contributed by atoms with Crippen molar-refractivity contribution < 1.29 is 9.53 Å². The Balaban J connectivity index is 2.51. The van der Waals surface area contributed by atoms with Gasteiger partial charge in [-0.15, -0.1) is 0 Å². The second-order valence-corrected chi connectivity index (χ2v) is 3.15. The van der Waals surface area contributed by atoms with E-state index in [-0.39, 0.29) is 5.97 Å². The van der Waals surface area contributed by atoms with Gasteiger partial charge in [-0.1, -0.05) is 12.1 Å². The number of esters is 1. The van der Waals surface area contributed by atoms with Crippen LogP contribution in [0.5, 0.6) is 0 Å². The van der Waals surface area contributed by atoms with Crippen LogP contribution < -0.4 is 0 Å². The minimum atomic E-state index is -0.267. The number of benzene rings is 1. The number of hydrogen-bond acceptors (Lipinski definition) is 3. The van der Waals surface area contributed by atoms with Crippen LogP contribution in [0.2, 0.25) is 0 Å². The molecule has 1 aromatic carbocycles. The van der Waals surface area contributed by atoms with Crippen molar-refractivity contribution in [1.29, 1.82) is 0 Å². The van der Waals surface area contributed by atoms with Crippen molar-refractivity contribution >= 4 is 12.2 Å². The lowest BCUT2D eigenvalue weighted by Crippen LogP contribution is -2.11. The lowest BCUT2D eigenvalue weighted by atomic mass is 9.97. The fourth-order valence-corrected chi connectivity index (χ4v) is 1.65. The molecule has 0 aliphatic carbocycles. The molecule has 0 radical (unpaired) electrons. The summed E-state index contributed by atoms with van der Waals surface area (Å²) in [5.41, 5.74) is 2.74. The molecule has 0 bridgehead atoms. The highest BCUT2D eigenvalue weighted by atomic mass is 16.5. The molecule has 1 aliphatic rings. The molecule has 0 aromatic heterocycles. The lowest BCUT2D eigenvalue weighted by Gasteiger charge is -2.13. The van der Waals surface area contributed by atoms with Gasteiger partial charge in [-0.3, -0.25) is 4.99 Å². The van der Waals surface area contributed by atoms with Gasteiger partial charge >= 0.3 is 5.97 Å². The van der Waals surface area contributed by atoms with Crippen molar-refractivity contribution in [3.8, 4) is 0 Å². The van der Waals surface area contributed by atoms with Gasteiger partial charge in [-0.25, -0.2) is 4.79 Å². The second-order valence-electron chi connectivity index (χ2n) is 3.15. The molecule has 0 saturated heterocycles. The molecule has 0 unspecified atom stereocenters. The van der Waals surface area contributed by atoms with Crippen LogP contribution in [-0.2, 0) is 11.2 Å². The van der Waals surface area contributed by atoms with E-state index in [2.05, 4.69) is 4.99 Å². The molecule has 1 aliphatic heterocycles. The zero-order valence-corrected chi connectivity index (χ0v) is 7.99. The van der Waals surface area contributed by atoms with Gasteiger partial charge in [0.25, 0.3) is 0 Å². The molecule has 0 amide bonds. The van der Waals surface area contributed by atoms with E-state index in [1.807, 2.05) is 18.3 Å². The van der Waals surface area contributed by atoms with Gasteiger partial charge in [0.05, 0.1) is 12.7 Å². The molecule has 0 atom stereocenters. The minimum Gasteiger partial charge on any atom is -0.465 e. The third-order valence-corrected chi connectivity index (χ3v) is 2.34. The molecule has 0 N–H and O–H groups in total. The lowest BCUT2D eigenvalue weighted by molar-refractivity contribution is 0.0599. The van der Waals surface area contributed by atoms with E-state index < -0.39 is 0 Å². The molecule has 1 aromatic rings. The highest BCUT2D eigenvalue weighted by Crippen LogP contribution is 2.18. The van der Waals surface area contributed by atoms with Crippen molar-refractivity contribution in [2.75, 3.05) is 13.7 Å². The largest absolute Gasteiger partial charge is 0.465 e. The van der Waals surface area contributed by atoms with Gasteiger partial charge < -0.3 is 4.74 Å². The summed E-state index contributed by atoms with van der Waals surface area (Å²) in [6.07, 6.45) is 2.63. The molecule has 0 saturated carbocycles. The maximum atomic E-state index is 11.4. The molecular formula is C11H11NO2. The number of carbonyl (C=O) groups is 1. The predicted molar refractivity (Wildman–Crippen MR) is 53.9 cm³/mol. The summed E-state index contributed by atoms with van der Waals surface area (Å²) in [5, 5.41) is 0. The Morgan fingerprint density at radius 3 is 3.14 bits per heavy atom. The molecule has 14 heavy (non-hydrogen) atoms. The van der Waals surface area contributed by atoms with Crippen LogP contribution >= 0.6 is 0 Å². The first kappa shape index (κ1) is 8.94. The summed E-state index contributed by atoms with van der Waals surface area (Å²) in [4.78, 5) is 15.6. The summed E-state index contributed by atoms with van der Waals surface area (Å²) in [6.45, 7) is 0.751. The molecule has 3 nitrogen and oxygen atoms in total. The summed E-state index contributed by atoms with van der Waals surface area (Å²) >= 11 is 0. The number of carbonyl (C=O) groups excluding carboxylic acids is 1. The maximum absolute atomic E-state index is 11.4. The molecule has 3 heteroatoms. The number of ether oxygens (including phenoxy) is 1. The molecule has 1 heterocycles. The van der Waals surface area contributed by atoms with Crippen molar-refractivity contribution in [1.82, 2.24) is 0 Å². The Morgan fingerprint density at radius 1 is 1.50 bits per heavy atom. The molecule has 2 rings (SSSR count). The number of aliphatic imine (C=N–C) groups is 1. The van der Waals surface area contributed by atoms with Crippen LogP contribution in [0.3, 0.4) is 0 Å². The quantitative estimate of drug-likeness (QED) is 0.627. The highest BCUT2D eigenvalue weighted by Gasteiger charge is 2.15. The summed E-state index contributed by atoms with van der Waals surface area (Å²) < 4.78 is 4.72. The molecule has 0 spiro atoms. The van der Waals surface area contributed by atoms with Gasteiger partial charge in [-0.2, -0.15) is 0 Å². The van der Waals surface area contributed by atoms with Crippen molar-refractivity contribution in [2.45, 2.75) is 6.42 Å². The van der Waals surface area contributed by atoms with Crippen LogP contribution in [0.1, 0.15) is 21.5 Å². The van der Waals surface area contributed by atoms with Crippen molar-refractivity contribution in [3.05, 3.63) is 34.9 Å². The second kappa shape index (κ2) is 3.62. The molecule has 72 valence electrons. The monoisotopic (exact) mass is 189 g/mol. The van der Waals surface area contributed by atoms with Gasteiger partial charge in [0.2, 0.25) is 0 Å². The zero-order chi connectivity index (χ0) is 9.97. The maximum Gasteiger partial charge on any atom is 0.338 e. The summed E-state index contributed by atoms with van der Waals surface area (Å²) in [7, 11) is 1.40. The Kier molecular flexibility index (Phi) is 2.31. The Morgan fingerprint density at radius 2 is 2.36 bits per heavy atom. The Labute approximate surface area is 82.4 Å². The SMILES string of the molecule is COC(=O)c1cccc2c1CCN=C2. The average Bonchev–Trinajstić information content (AvgIpc) is 2.27. The number of hydrogen-bond donors (Lipinski definition) is 0. The van der Waals surface area contributed by atoms with Crippen LogP contribution in [-0.4, -0.2) is 25.8 Å². The Bertz CT molecular complexity index is 396. The third-order valence-electron chi connectivity index (χ3n) is 2.34. The first-order valence-corrected chi connectivity index (χ1v) is 4.53. The molecule has 0 fully saturated rings. The first-order chi connectivity index (χ1) is 6.83. The van der Waals surface area contributed by atoms with E-state index in [0.29, 0.717) is 5.56 Å². The van der Waals surface area contributed by atoms with E-state index in [1.54, 1.807) is 6.07 Å².